The molecule has 1 N–H and O–H groups in total. The second-order valence-corrected chi connectivity index (χ2v) is 6.87. The van der Waals surface area contributed by atoms with Gasteiger partial charge in [0.2, 0.25) is 0 Å². The molecule has 1 atom stereocenters. The summed E-state index contributed by atoms with van der Waals surface area (Å²) in [6.07, 6.45) is 1.85. The van der Waals surface area contributed by atoms with Crippen molar-refractivity contribution >= 4 is 6.03 Å². The lowest BCUT2D eigenvalue weighted by Crippen LogP contribution is -2.48. The summed E-state index contributed by atoms with van der Waals surface area (Å²) in [5.74, 6) is 0. The number of hydrogen-bond donors (Lipinski definition) is 1. The Kier molecular flexibility index (Phi) is 5.71. The first-order valence-corrected chi connectivity index (χ1v) is 8.94. The number of likely N-dealkylation sites (N-methyl/N-ethyl adjacent to an activating group) is 2. The molecule has 0 fully saturated rings. The lowest BCUT2D eigenvalue weighted by atomic mass is 9.96. The van der Waals surface area contributed by atoms with Gasteiger partial charge < -0.3 is 15.1 Å². The average molecular weight is 337 g/mol. The summed E-state index contributed by atoms with van der Waals surface area (Å²) in [5.41, 5.74) is 4.02. The second kappa shape index (κ2) is 8.17. The summed E-state index contributed by atoms with van der Waals surface area (Å²) >= 11 is 0. The first-order valence-electron chi connectivity index (χ1n) is 8.94. The molecule has 0 saturated carbocycles. The number of carbonyl (C=O) groups is 1. The number of rotatable bonds is 5. The van der Waals surface area contributed by atoms with Gasteiger partial charge >= 0.3 is 6.03 Å². The molecule has 0 aromatic heterocycles. The maximum atomic E-state index is 12.6. The van der Waals surface area contributed by atoms with Crippen LogP contribution in [0.1, 0.15) is 16.7 Å². The first-order chi connectivity index (χ1) is 12.1. The van der Waals surface area contributed by atoms with Crippen LogP contribution in [-0.2, 0) is 19.4 Å². The molecular weight excluding hydrogens is 310 g/mol. The lowest BCUT2D eigenvalue weighted by molar-refractivity contribution is 0.168. The smallest absolute Gasteiger partial charge is 0.319 e. The Morgan fingerprint density at radius 3 is 2.44 bits per heavy atom. The van der Waals surface area contributed by atoms with Crippen LogP contribution in [-0.4, -0.2) is 49.1 Å². The minimum Gasteiger partial charge on any atom is -0.327 e. The molecule has 132 valence electrons. The fourth-order valence-corrected chi connectivity index (χ4v) is 3.39. The Morgan fingerprint density at radius 1 is 1.00 bits per heavy atom. The molecule has 25 heavy (non-hydrogen) atoms. The Hall–Kier alpha value is -2.33. The zero-order chi connectivity index (χ0) is 17.6. The minimum atomic E-state index is 0.0802. The lowest BCUT2D eigenvalue weighted by Gasteiger charge is -2.31. The molecule has 2 amide bonds. The van der Waals surface area contributed by atoms with Crippen molar-refractivity contribution < 1.29 is 4.79 Å². The van der Waals surface area contributed by atoms with Crippen LogP contribution in [0, 0.1) is 0 Å². The van der Waals surface area contributed by atoms with E-state index in [1.165, 1.54) is 16.7 Å². The molecule has 2 aromatic rings. The Balaban J connectivity index is 1.49. The van der Waals surface area contributed by atoms with Gasteiger partial charge in [-0.25, -0.2) is 4.79 Å². The molecule has 1 aliphatic rings. The molecule has 0 radical (unpaired) electrons. The molecule has 1 aliphatic heterocycles. The summed E-state index contributed by atoms with van der Waals surface area (Å²) in [7, 11) is 3.77. The highest BCUT2D eigenvalue weighted by Gasteiger charge is 2.22. The minimum absolute atomic E-state index is 0.0802. The van der Waals surface area contributed by atoms with E-state index in [4.69, 9.17) is 0 Å². The molecule has 2 aromatic carbocycles. The zero-order valence-electron chi connectivity index (χ0n) is 15.1. The van der Waals surface area contributed by atoms with Crippen molar-refractivity contribution in [3.63, 3.8) is 0 Å². The van der Waals surface area contributed by atoms with Crippen molar-refractivity contribution in [2.75, 3.05) is 27.2 Å². The van der Waals surface area contributed by atoms with Crippen LogP contribution in [0.4, 0.5) is 4.79 Å². The molecule has 0 aliphatic carbocycles. The van der Waals surface area contributed by atoms with E-state index in [9.17, 15) is 4.79 Å². The van der Waals surface area contributed by atoms with Crippen molar-refractivity contribution in [3.8, 4) is 0 Å². The van der Waals surface area contributed by atoms with Crippen molar-refractivity contribution in [1.82, 2.24) is 15.1 Å². The number of nitrogens with one attached hydrogen (secondary N) is 1. The molecule has 0 saturated heterocycles. The monoisotopic (exact) mass is 337 g/mol. The van der Waals surface area contributed by atoms with E-state index in [-0.39, 0.29) is 6.03 Å². The predicted molar refractivity (Wildman–Crippen MR) is 102 cm³/mol. The normalized spacial score (nSPS) is 16.2. The standard InChI is InChI=1S/C21H27N3O/c1-23(13-12-17-8-4-3-5-9-17)21(25)24(2)16-20-14-18-10-6-7-11-19(18)15-22-20/h3-11,20,22H,12-16H2,1-2H3/t20-/m0/s1. The number of amides is 2. The maximum Gasteiger partial charge on any atom is 0.319 e. The van der Waals surface area contributed by atoms with E-state index < -0.39 is 0 Å². The van der Waals surface area contributed by atoms with Gasteiger partial charge in [0.25, 0.3) is 0 Å². The summed E-state index contributed by atoms with van der Waals surface area (Å²) in [6.45, 7) is 2.34. The van der Waals surface area contributed by atoms with E-state index in [0.717, 1.165) is 32.5 Å². The first kappa shape index (κ1) is 17.5. The third kappa shape index (κ3) is 4.60. The number of carbonyl (C=O) groups excluding carboxylic acids is 1. The summed E-state index contributed by atoms with van der Waals surface area (Å²) in [4.78, 5) is 16.2. The van der Waals surface area contributed by atoms with Gasteiger partial charge in [-0.15, -0.1) is 0 Å². The van der Waals surface area contributed by atoms with Gasteiger partial charge in [0.1, 0.15) is 0 Å². The van der Waals surface area contributed by atoms with Crippen LogP contribution < -0.4 is 5.32 Å². The number of nitrogens with zero attached hydrogens (tertiary/aromatic N) is 2. The van der Waals surface area contributed by atoms with Crippen molar-refractivity contribution in [3.05, 3.63) is 71.3 Å². The molecule has 1 heterocycles. The summed E-state index contributed by atoms with van der Waals surface area (Å²) < 4.78 is 0. The Labute approximate surface area is 150 Å². The van der Waals surface area contributed by atoms with E-state index in [1.807, 2.05) is 42.1 Å². The molecule has 4 heteroatoms. The molecule has 4 nitrogen and oxygen atoms in total. The van der Waals surface area contributed by atoms with Crippen LogP contribution in [0.2, 0.25) is 0 Å². The number of benzene rings is 2. The highest BCUT2D eigenvalue weighted by molar-refractivity contribution is 5.73. The fourth-order valence-electron chi connectivity index (χ4n) is 3.39. The van der Waals surface area contributed by atoms with E-state index in [0.29, 0.717) is 6.04 Å². The number of urea groups is 1. The van der Waals surface area contributed by atoms with Gasteiger partial charge in [0, 0.05) is 39.8 Å². The average Bonchev–Trinajstić information content (AvgIpc) is 2.66. The highest BCUT2D eigenvalue weighted by Crippen LogP contribution is 2.16. The van der Waals surface area contributed by atoms with Gasteiger partial charge in [0.15, 0.2) is 0 Å². The predicted octanol–water partition coefficient (Wildman–Crippen LogP) is 2.93. The Bertz CT molecular complexity index is 701. The van der Waals surface area contributed by atoms with E-state index in [1.54, 1.807) is 0 Å². The molecule has 0 unspecified atom stereocenters. The Morgan fingerprint density at radius 2 is 1.68 bits per heavy atom. The highest BCUT2D eigenvalue weighted by atomic mass is 16.2. The largest absolute Gasteiger partial charge is 0.327 e. The topological polar surface area (TPSA) is 35.6 Å². The molecule has 0 spiro atoms. The third-order valence-electron chi connectivity index (χ3n) is 4.89. The quantitative estimate of drug-likeness (QED) is 0.910. The van der Waals surface area contributed by atoms with Crippen LogP contribution in [0.3, 0.4) is 0 Å². The molecular formula is C21H27N3O. The maximum absolute atomic E-state index is 12.6. The van der Waals surface area contributed by atoms with Crippen LogP contribution in [0.15, 0.2) is 54.6 Å². The third-order valence-corrected chi connectivity index (χ3v) is 4.89. The van der Waals surface area contributed by atoms with Gasteiger partial charge in [-0.2, -0.15) is 0 Å². The SMILES string of the molecule is CN(CCc1ccccc1)C(=O)N(C)C[C@@H]1Cc2ccccc2CN1. The van der Waals surface area contributed by atoms with Crippen molar-refractivity contribution in [2.24, 2.45) is 0 Å². The molecule has 3 rings (SSSR count). The van der Waals surface area contributed by atoms with Gasteiger partial charge in [-0.3, -0.25) is 0 Å². The van der Waals surface area contributed by atoms with Gasteiger partial charge in [-0.1, -0.05) is 54.6 Å². The van der Waals surface area contributed by atoms with E-state index in [2.05, 4.69) is 41.7 Å². The van der Waals surface area contributed by atoms with Gasteiger partial charge in [-0.05, 0) is 29.5 Å². The number of hydrogen-bond acceptors (Lipinski definition) is 2. The van der Waals surface area contributed by atoms with Crippen LogP contribution in [0.25, 0.3) is 0 Å². The zero-order valence-corrected chi connectivity index (χ0v) is 15.1. The number of fused-ring (bicyclic) bond motifs is 1. The van der Waals surface area contributed by atoms with Crippen LogP contribution >= 0.6 is 0 Å². The summed E-state index contributed by atoms with van der Waals surface area (Å²) in [5, 5.41) is 3.55. The van der Waals surface area contributed by atoms with Crippen molar-refractivity contribution in [1.29, 1.82) is 0 Å². The van der Waals surface area contributed by atoms with Gasteiger partial charge in [0.05, 0.1) is 0 Å². The summed E-state index contributed by atoms with van der Waals surface area (Å²) in [6, 6.07) is 19.2. The van der Waals surface area contributed by atoms with Crippen LogP contribution in [0.5, 0.6) is 0 Å². The van der Waals surface area contributed by atoms with Crippen molar-refractivity contribution in [2.45, 2.75) is 25.4 Å². The molecule has 0 bridgehead atoms. The van der Waals surface area contributed by atoms with E-state index >= 15 is 0 Å². The second-order valence-electron chi connectivity index (χ2n) is 6.87. The fraction of sp³-hybridized carbons (Fsp3) is 0.381.